The number of hydrogen-bond acceptors (Lipinski definition) is 4. The zero-order chi connectivity index (χ0) is 19.8. The number of carbonyl (C=O) groups excluding carboxylic acids is 2. The summed E-state index contributed by atoms with van der Waals surface area (Å²) >= 11 is 0. The highest BCUT2D eigenvalue weighted by molar-refractivity contribution is 5.96. The van der Waals surface area contributed by atoms with E-state index in [0.29, 0.717) is 25.1 Å². The predicted molar refractivity (Wildman–Crippen MR) is 109 cm³/mol. The molecule has 2 fully saturated rings. The van der Waals surface area contributed by atoms with E-state index in [9.17, 15) is 9.59 Å². The molecule has 1 amide bonds. The van der Waals surface area contributed by atoms with Gasteiger partial charge in [0, 0.05) is 24.5 Å². The monoisotopic (exact) mass is 384 g/mol. The van der Waals surface area contributed by atoms with Gasteiger partial charge in [-0.3, -0.25) is 9.78 Å². The maximum absolute atomic E-state index is 13.0. The first-order valence-electron chi connectivity index (χ1n) is 10.7. The summed E-state index contributed by atoms with van der Waals surface area (Å²) in [6.45, 7) is 5.10. The van der Waals surface area contributed by atoms with Gasteiger partial charge in [0.15, 0.2) is 0 Å². The fourth-order valence-electron chi connectivity index (χ4n) is 4.32. The largest absolute Gasteiger partial charge is 0.464 e. The molecule has 5 heteroatoms. The van der Waals surface area contributed by atoms with E-state index in [-0.39, 0.29) is 17.8 Å². The number of piperidine rings is 1. The Morgan fingerprint density at radius 3 is 2.68 bits per heavy atom. The summed E-state index contributed by atoms with van der Waals surface area (Å²) < 4.78 is 5.53. The van der Waals surface area contributed by atoms with Gasteiger partial charge in [-0.15, -0.1) is 0 Å². The highest BCUT2D eigenvalue weighted by Crippen LogP contribution is 2.31. The van der Waals surface area contributed by atoms with Crippen LogP contribution in [-0.2, 0) is 20.7 Å². The molecule has 3 rings (SSSR count). The zero-order valence-corrected chi connectivity index (χ0v) is 16.8. The number of nitrogens with zero attached hydrogens (tertiary/aromatic N) is 2. The van der Waals surface area contributed by atoms with Crippen LogP contribution in [0.1, 0.15) is 63.4 Å². The van der Waals surface area contributed by atoms with Gasteiger partial charge in [-0.1, -0.05) is 31.9 Å². The van der Waals surface area contributed by atoms with E-state index in [4.69, 9.17) is 4.74 Å². The number of aryl methyl sites for hydroxylation is 1. The minimum atomic E-state index is -0.458. The summed E-state index contributed by atoms with van der Waals surface area (Å²) in [4.78, 5) is 31.5. The van der Waals surface area contributed by atoms with Crippen molar-refractivity contribution >= 4 is 11.9 Å². The van der Waals surface area contributed by atoms with Crippen LogP contribution in [0.25, 0.3) is 0 Å². The molecule has 1 unspecified atom stereocenters. The Balaban J connectivity index is 1.50. The second-order valence-electron chi connectivity index (χ2n) is 8.00. The quantitative estimate of drug-likeness (QED) is 0.404. The molecule has 0 aromatic carbocycles. The van der Waals surface area contributed by atoms with Crippen LogP contribution < -0.4 is 0 Å². The molecule has 1 aromatic heterocycles. The fraction of sp³-hybridized carbons (Fsp3) is 0.609. The Hall–Kier alpha value is -2.17. The summed E-state index contributed by atoms with van der Waals surface area (Å²) in [7, 11) is 0. The summed E-state index contributed by atoms with van der Waals surface area (Å²) in [5.74, 6) is -0.0288. The molecule has 0 radical (unpaired) electrons. The molecule has 0 N–H and O–H groups in total. The zero-order valence-electron chi connectivity index (χ0n) is 16.8. The van der Waals surface area contributed by atoms with Gasteiger partial charge in [0.25, 0.3) is 0 Å². The average Bonchev–Trinajstić information content (AvgIpc) is 2.77. The SMILES string of the molecule is C=C(C(=O)N1CCCCC1C(=O)OCCCc1cccnc1)C1CCCCC1. The number of rotatable bonds is 7. The molecule has 2 heterocycles. The van der Waals surface area contributed by atoms with Gasteiger partial charge in [0.2, 0.25) is 5.91 Å². The van der Waals surface area contributed by atoms with Crippen LogP contribution in [0.15, 0.2) is 36.7 Å². The van der Waals surface area contributed by atoms with E-state index in [1.54, 1.807) is 11.1 Å². The molecule has 1 aromatic rings. The summed E-state index contributed by atoms with van der Waals surface area (Å²) in [6.07, 6.45) is 13.4. The lowest BCUT2D eigenvalue weighted by molar-refractivity contribution is -0.156. The first-order chi connectivity index (χ1) is 13.7. The molecule has 1 saturated carbocycles. The van der Waals surface area contributed by atoms with E-state index in [1.807, 2.05) is 18.3 Å². The number of ether oxygens (including phenoxy) is 1. The van der Waals surface area contributed by atoms with Crippen molar-refractivity contribution in [3.8, 4) is 0 Å². The summed E-state index contributed by atoms with van der Waals surface area (Å²) in [5.41, 5.74) is 1.83. The first kappa shape index (κ1) is 20.6. The smallest absolute Gasteiger partial charge is 0.328 e. The van der Waals surface area contributed by atoms with E-state index in [1.165, 1.54) is 19.3 Å². The predicted octanol–water partition coefficient (Wildman–Crippen LogP) is 4.08. The second-order valence-corrected chi connectivity index (χ2v) is 8.00. The van der Waals surface area contributed by atoms with Crippen molar-refractivity contribution < 1.29 is 14.3 Å². The Kier molecular flexibility index (Phi) is 7.63. The Morgan fingerprint density at radius 1 is 1.14 bits per heavy atom. The Bertz CT molecular complexity index is 668. The molecule has 1 saturated heterocycles. The van der Waals surface area contributed by atoms with Crippen LogP contribution in [-0.4, -0.2) is 41.0 Å². The van der Waals surface area contributed by atoms with Crippen molar-refractivity contribution in [1.82, 2.24) is 9.88 Å². The van der Waals surface area contributed by atoms with Gasteiger partial charge in [-0.25, -0.2) is 4.79 Å². The van der Waals surface area contributed by atoms with E-state index in [0.717, 1.165) is 44.1 Å². The third-order valence-electron chi connectivity index (χ3n) is 5.99. The van der Waals surface area contributed by atoms with Crippen molar-refractivity contribution in [1.29, 1.82) is 0 Å². The third-order valence-corrected chi connectivity index (χ3v) is 5.99. The van der Waals surface area contributed by atoms with Crippen LogP contribution in [0.2, 0.25) is 0 Å². The molecular weight excluding hydrogens is 352 g/mol. The van der Waals surface area contributed by atoms with E-state index in [2.05, 4.69) is 11.6 Å². The highest BCUT2D eigenvalue weighted by atomic mass is 16.5. The van der Waals surface area contributed by atoms with E-state index >= 15 is 0 Å². The second kappa shape index (κ2) is 10.4. The summed E-state index contributed by atoms with van der Waals surface area (Å²) in [5, 5.41) is 0. The lowest BCUT2D eigenvalue weighted by Crippen LogP contribution is -2.49. The fourth-order valence-corrected chi connectivity index (χ4v) is 4.32. The molecule has 0 spiro atoms. The standard InChI is InChI=1S/C23H32N2O3/c1-18(20-11-3-2-4-12-20)22(26)25-15-6-5-13-21(25)23(27)28-16-8-10-19-9-7-14-24-17-19/h7,9,14,17,20-21H,1-6,8,10-13,15-16H2. The first-order valence-corrected chi connectivity index (χ1v) is 10.7. The van der Waals surface area contributed by atoms with Crippen molar-refractivity contribution in [2.45, 2.75) is 70.3 Å². The lowest BCUT2D eigenvalue weighted by Gasteiger charge is -2.36. The molecule has 1 aliphatic heterocycles. The molecule has 1 aliphatic carbocycles. The van der Waals surface area contributed by atoms with Gasteiger partial charge in [-0.2, -0.15) is 0 Å². The van der Waals surface area contributed by atoms with Crippen LogP contribution in [0.4, 0.5) is 0 Å². The van der Waals surface area contributed by atoms with E-state index < -0.39 is 6.04 Å². The maximum atomic E-state index is 13.0. The topological polar surface area (TPSA) is 59.5 Å². The molecule has 5 nitrogen and oxygen atoms in total. The van der Waals surface area contributed by atoms with Crippen molar-refractivity contribution in [2.24, 2.45) is 5.92 Å². The van der Waals surface area contributed by atoms with Crippen LogP contribution in [0, 0.1) is 5.92 Å². The third kappa shape index (κ3) is 5.43. The van der Waals surface area contributed by atoms with Crippen LogP contribution in [0.5, 0.6) is 0 Å². The molecular formula is C23H32N2O3. The number of pyridine rings is 1. The number of aromatic nitrogens is 1. The number of amides is 1. The van der Waals surface area contributed by atoms with Crippen LogP contribution >= 0.6 is 0 Å². The number of hydrogen-bond donors (Lipinski definition) is 0. The maximum Gasteiger partial charge on any atom is 0.328 e. The number of esters is 1. The lowest BCUT2D eigenvalue weighted by atomic mass is 9.83. The van der Waals surface area contributed by atoms with Crippen molar-refractivity contribution in [2.75, 3.05) is 13.2 Å². The van der Waals surface area contributed by atoms with Crippen LogP contribution in [0.3, 0.4) is 0 Å². The number of carbonyl (C=O) groups is 2. The van der Waals surface area contributed by atoms with Gasteiger partial charge in [0.05, 0.1) is 6.61 Å². The Labute approximate surface area is 168 Å². The average molecular weight is 385 g/mol. The van der Waals surface area contributed by atoms with Gasteiger partial charge < -0.3 is 9.64 Å². The van der Waals surface area contributed by atoms with Crippen molar-refractivity contribution in [3.63, 3.8) is 0 Å². The molecule has 1 atom stereocenters. The Morgan fingerprint density at radius 2 is 1.93 bits per heavy atom. The van der Waals surface area contributed by atoms with Gasteiger partial charge >= 0.3 is 5.97 Å². The molecule has 0 bridgehead atoms. The normalized spacial score (nSPS) is 20.6. The van der Waals surface area contributed by atoms with Crippen molar-refractivity contribution in [3.05, 3.63) is 42.2 Å². The molecule has 2 aliphatic rings. The minimum absolute atomic E-state index is 0.0380. The molecule has 28 heavy (non-hydrogen) atoms. The van der Waals surface area contributed by atoms with Gasteiger partial charge in [-0.05, 0) is 62.5 Å². The van der Waals surface area contributed by atoms with Gasteiger partial charge in [0.1, 0.15) is 6.04 Å². The summed E-state index contributed by atoms with van der Waals surface area (Å²) in [6, 6.07) is 3.47. The minimum Gasteiger partial charge on any atom is -0.464 e. The number of likely N-dealkylation sites (tertiary alicyclic amines) is 1. The highest BCUT2D eigenvalue weighted by Gasteiger charge is 2.35. The molecule has 152 valence electrons.